The van der Waals surface area contributed by atoms with E-state index in [2.05, 4.69) is 23.8 Å². The zero-order chi connectivity index (χ0) is 14.3. The lowest BCUT2D eigenvalue weighted by molar-refractivity contribution is 0.200. The molecule has 0 aromatic carbocycles. The molecule has 0 radical (unpaired) electrons. The van der Waals surface area contributed by atoms with Gasteiger partial charge in [0.05, 0.1) is 6.04 Å². The highest BCUT2D eigenvalue weighted by Gasteiger charge is 2.16. The number of carbonyl (C=O) groups is 1. The van der Waals surface area contributed by atoms with E-state index in [1.165, 1.54) is 0 Å². The monoisotopic (exact) mass is 261 g/mol. The van der Waals surface area contributed by atoms with Crippen LogP contribution in [-0.4, -0.2) is 29.0 Å². The number of nitrogens with zero attached hydrogens (tertiary/aromatic N) is 2. The molecule has 104 valence electrons. The Morgan fingerprint density at radius 2 is 2.05 bits per heavy atom. The van der Waals surface area contributed by atoms with Crippen LogP contribution in [0.2, 0.25) is 0 Å². The molecular weight excluding hydrogens is 238 g/mol. The Hall–Kier alpha value is -1.84. The molecule has 1 aromatic heterocycles. The van der Waals surface area contributed by atoms with Gasteiger partial charge in [-0.3, -0.25) is 4.98 Å². The number of hydrogen-bond acceptors (Lipinski definition) is 2. The van der Waals surface area contributed by atoms with Crippen LogP contribution in [0.25, 0.3) is 0 Å². The summed E-state index contributed by atoms with van der Waals surface area (Å²) in [6, 6.07) is 3.84. The predicted octanol–water partition coefficient (Wildman–Crippen LogP) is 3.14. The van der Waals surface area contributed by atoms with Crippen LogP contribution in [0.3, 0.4) is 0 Å². The van der Waals surface area contributed by atoms with Crippen LogP contribution in [0, 0.1) is 0 Å². The van der Waals surface area contributed by atoms with Crippen LogP contribution in [0.1, 0.15) is 38.8 Å². The summed E-state index contributed by atoms with van der Waals surface area (Å²) in [5.74, 6) is 0. The van der Waals surface area contributed by atoms with Crippen molar-refractivity contribution in [2.45, 2.75) is 33.2 Å². The van der Waals surface area contributed by atoms with Crippen molar-refractivity contribution in [3.05, 3.63) is 42.2 Å². The van der Waals surface area contributed by atoms with Crippen molar-refractivity contribution in [1.82, 2.24) is 15.2 Å². The number of likely N-dealkylation sites (N-methyl/N-ethyl adjacent to an activating group) is 1. The molecule has 19 heavy (non-hydrogen) atoms. The molecule has 1 heterocycles. The molecule has 1 rings (SSSR count). The zero-order valence-corrected chi connectivity index (χ0v) is 12.0. The van der Waals surface area contributed by atoms with Crippen LogP contribution >= 0.6 is 0 Å². The van der Waals surface area contributed by atoms with E-state index in [0.717, 1.165) is 17.6 Å². The molecule has 0 fully saturated rings. The number of aromatic nitrogens is 1. The standard InChI is InChI=1S/C15H23N3O/c1-5-14(13-7-9-16-10-8-13)17-15(19)18(6-2)11-12(3)4/h7-10,14H,3,5-6,11H2,1-2,4H3,(H,17,19)/t14-/m0/s1. The summed E-state index contributed by atoms with van der Waals surface area (Å²) in [6.07, 6.45) is 4.34. The molecule has 0 aliphatic carbocycles. The molecule has 0 aliphatic rings. The lowest BCUT2D eigenvalue weighted by atomic mass is 10.1. The third-order valence-electron chi connectivity index (χ3n) is 2.94. The van der Waals surface area contributed by atoms with Gasteiger partial charge in [-0.15, -0.1) is 0 Å². The maximum Gasteiger partial charge on any atom is 0.318 e. The second-order valence-corrected chi connectivity index (χ2v) is 4.66. The summed E-state index contributed by atoms with van der Waals surface area (Å²) < 4.78 is 0. The average Bonchev–Trinajstić information content (AvgIpc) is 2.42. The van der Waals surface area contributed by atoms with E-state index < -0.39 is 0 Å². The van der Waals surface area contributed by atoms with Crippen LogP contribution in [0.4, 0.5) is 4.79 Å². The van der Waals surface area contributed by atoms with Gasteiger partial charge in [-0.25, -0.2) is 4.79 Å². The molecule has 2 amide bonds. The Morgan fingerprint density at radius 1 is 1.42 bits per heavy atom. The van der Waals surface area contributed by atoms with Crippen molar-refractivity contribution in [1.29, 1.82) is 0 Å². The molecule has 4 nitrogen and oxygen atoms in total. The van der Waals surface area contributed by atoms with Gasteiger partial charge in [0, 0.05) is 25.5 Å². The first-order chi connectivity index (χ1) is 9.08. The Labute approximate surface area is 115 Å². The maximum atomic E-state index is 12.2. The van der Waals surface area contributed by atoms with Crippen LogP contribution in [0.15, 0.2) is 36.7 Å². The average molecular weight is 261 g/mol. The van der Waals surface area contributed by atoms with Crippen LogP contribution in [-0.2, 0) is 0 Å². The largest absolute Gasteiger partial charge is 0.331 e. The summed E-state index contributed by atoms with van der Waals surface area (Å²) in [4.78, 5) is 18.0. The zero-order valence-electron chi connectivity index (χ0n) is 12.0. The van der Waals surface area contributed by atoms with E-state index in [0.29, 0.717) is 13.1 Å². The quantitative estimate of drug-likeness (QED) is 0.800. The minimum atomic E-state index is -0.0471. The number of amides is 2. The van der Waals surface area contributed by atoms with Gasteiger partial charge in [0.15, 0.2) is 0 Å². The highest BCUT2D eigenvalue weighted by atomic mass is 16.2. The smallest absolute Gasteiger partial charge is 0.318 e. The van der Waals surface area contributed by atoms with Gasteiger partial charge in [0.25, 0.3) is 0 Å². The fraction of sp³-hybridized carbons (Fsp3) is 0.467. The molecule has 0 saturated carbocycles. The van der Waals surface area contributed by atoms with Crippen molar-refractivity contribution in [2.24, 2.45) is 0 Å². The Kier molecular flexibility index (Phi) is 6.06. The number of nitrogens with one attached hydrogen (secondary N) is 1. The van der Waals surface area contributed by atoms with E-state index in [1.54, 1.807) is 17.3 Å². The van der Waals surface area contributed by atoms with Gasteiger partial charge < -0.3 is 10.2 Å². The van der Waals surface area contributed by atoms with Crippen molar-refractivity contribution in [3.63, 3.8) is 0 Å². The third kappa shape index (κ3) is 4.73. The Morgan fingerprint density at radius 3 is 2.53 bits per heavy atom. The summed E-state index contributed by atoms with van der Waals surface area (Å²) in [7, 11) is 0. The van der Waals surface area contributed by atoms with E-state index in [4.69, 9.17) is 0 Å². The molecule has 4 heteroatoms. The van der Waals surface area contributed by atoms with Gasteiger partial charge in [-0.2, -0.15) is 0 Å². The van der Waals surface area contributed by atoms with Crippen molar-refractivity contribution >= 4 is 6.03 Å². The van der Waals surface area contributed by atoms with Crippen LogP contribution < -0.4 is 5.32 Å². The minimum absolute atomic E-state index is 0.0228. The summed E-state index contributed by atoms with van der Waals surface area (Å²) >= 11 is 0. The van der Waals surface area contributed by atoms with E-state index >= 15 is 0 Å². The molecule has 0 bridgehead atoms. The summed E-state index contributed by atoms with van der Waals surface area (Å²) in [5, 5.41) is 3.06. The van der Waals surface area contributed by atoms with E-state index in [9.17, 15) is 4.79 Å². The number of pyridine rings is 1. The fourth-order valence-electron chi connectivity index (χ4n) is 1.91. The van der Waals surface area contributed by atoms with Crippen molar-refractivity contribution < 1.29 is 4.79 Å². The molecule has 1 atom stereocenters. The van der Waals surface area contributed by atoms with E-state index in [-0.39, 0.29) is 12.1 Å². The van der Waals surface area contributed by atoms with Gasteiger partial charge >= 0.3 is 6.03 Å². The first-order valence-corrected chi connectivity index (χ1v) is 6.68. The van der Waals surface area contributed by atoms with Gasteiger partial charge in [-0.1, -0.05) is 19.1 Å². The van der Waals surface area contributed by atoms with Gasteiger partial charge in [0.2, 0.25) is 0 Å². The second kappa shape index (κ2) is 7.56. The molecular formula is C15H23N3O. The van der Waals surface area contributed by atoms with E-state index in [1.807, 2.05) is 26.0 Å². The van der Waals surface area contributed by atoms with Crippen molar-refractivity contribution in [3.8, 4) is 0 Å². The fourth-order valence-corrected chi connectivity index (χ4v) is 1.91. The molecule has 0 aliphatic heterocycles. The number of carbonyl (C=O) groups excluding carboxylic acids is 1. The molecule has 1 N–H and O–H groups in total. The lowest BCUT2D eigenvalue weighted by Crippen LogP contribution is -2.42. The van der Waals surface area contributed by atoms with Gasteiger partial charge in [0.1, 0.15) is 0 Å². The van der Waals surface area contributed by atoms with Crippen LogP contribution in [0.5, 0.6) is 0 Å². The molecule has 0 saturated heterocycles. The third-order valence-corrected chi connectivity index (χ3v) is 2.94. The maximum absolute atomic E-state index is 12.2. The highest BCUT2D eigenvalue weighted by Crippen LogP contribution is 2.15. The lowest BCUT2D eigenvalue weighted by Gasteiger charge is -2.25. The first-order valence-electron chi connectivity index (χ1n) is 6.68. The Balaban J connectivity index is 2.70. The molecule has 0 unspecified atom stereocenters. The van der Waals surface area contributed by atoms with Crippen molar-refractivity contribution in [2.75, 3.05) is 13.1 Å². The summed E-state index contributed by atoms with van der Waals surface area (Å²) in [6.45, 7) is 11.1. The number of hydrogen-bond donors (Lipinski definition) is 1. The molecule has 1 aromatic rings. The first kappa shape index (κ1) is 15.2. The summed E-state index contributed by atoms with van der Waals surface area (Å²) in [5.41, 5.74) is 2.06. The second-order valence-electron chi connectivity index (χ2n) is 4.66. The minimum Gasteiger partial charge on any atom is -0.331 e. The van der Waals surface area contributed by atoms with Gasteiger partial charge in [-0.05, 0) is 38.0 Å². The highest BCUT2D eigenvalue weighted by molar-refractivity contribution is 5.75. The predicted molar refractivity (Wildman–Crippen MR) is 77.9 cm³/mol. The Bertz CT molecular complexity index is 417. The number of rotatable bonds is 6. The number of urea groups is 1. The SMILES string of the molecule is C=C(C)CN(CC)C(=O)N[C@@H](CC)c1ccncc1. The molecule has 0 spiro atoms. The topological polar surface area (TPSA) is 45.2 Å². The normalized spacial score (nSPS) is 11.7.